The number of hydrogen-bond donors (Lipinski definition) is 1. The van der Waals surface area contributed by atoms with Crippen LogP contribution in [0.25, 0.3) is 0 Å². The highest BCUT2D eigenvalue weighted by atomic mass is 32.2. The molecule has 1 N–H and O–H groups in total. The first-order valence-electron chi connectivity index (χ1n) is 9.08. The molecule has 0 bridgehead atoms. The van der Waals surface area contributed by atoms with Crippen molar-refractivity contribution in [3.05, 3.63) is 84.2 Å². The number of ether oxygens (including phenoxy) is 1. The number of rotatable bonds is 8. The summed E-state index contributed by atoms with van der Waals surface area (Å²) in [6.45, 7) is 1.52. The number of aryl methyl sites for hydroxylation is 1. The van der Waals surface area contributed by atoms with Gasteiger partial charge < -0.3 is 4.74 Å². The molecule has 7 nitrogen and oxygen atoms in total. The van der Waals surface area contributed by atoms with E-state index in [-0.39, 0.29) is 16.3 Å². The van der Waals surface area contributed by atoms with E-state index in [1.165, 1.54) is 55.9 Å². The molecule has 3 rings (SSSR count). The van der Waals surface area contributed by atoms with Gasteiger partial charge in [0.15, 0.2) is 9.84 Å². The largest absolute Gasteiger partial charge is 0.497 e. The molecule has 2 aromatic carbocycles. The second-order valence-electron chi connectivity index (χ2n) is 6.66. The Morgan fingerprint density at radius 2 is 1.57 bits per heavy atom. The third-order valence-corrected chi connectivity index (χ3v) is 8.17. The molecule has 0 aliphatic rings. The summed E-state index contributed by atoms with van der Waals surface area (Å²) in [5, 5.41) is -1.14. The number of sulfone groups is 1. The van der Waals surface area contributed by atoms with Crippen molar-refractivity contribution < 1.29 is 21.6 Å². The number of methoxy groups -OCH3 is 1. The normalized spacial score (nSPS) is 13.0. The van der Waals surface area contributed by atoms with Gasteiger partial charge in [0.05, 0.1) is 16.9 Å². The lowest BCUT2D eigenvalue weighted by Gasteiger charge is -2.19. The van der Waals surface area contributed by atoms with Crippen molar-refractivity contribution >= 4 is 19.9 Å². The average molecular weight is 447 g/mol. The van der Waals surface area contributed by atoms with Crippen LogP contribution in [0.2, 0.25) is 0 Å². The molecule has 0 saturated carbocycles. The molecule has 0 spiro atoms. The molecule has 0 unspecified atom stereocenters. The molecule has 1 atom stereocenters. The van der Waals surface area contributed by atoms with Gasteiger partial charge in [-0.2, -0.15) is 0 Å². The Bertz CT molecular complexity index is 1190. The van der Waals surface area contributed by atoms with Crippen LogP contribution in [0.1, 0.15) is 16.4 Å². The maximum Gasteiger partial charge on any atom is 0.240 e. The topological polar surface area (TPSA) is 102 Å². The van der Waals surface area contributed by atoms with Crippen molar-refractivity contribution in [2.75, 3.05) is 13.7 Å². The van der Waals surface area contributed by atoms with Gasteiger partial charge in [-0.15, -0.1) is 0 Å². The summed E-state index contributed by atoms with van der Waals surface area (Å²) >= 11 is 0. The van der Waals surface area contributed by atoms with Crippen LogP contribution < -0.4 is 9.46 Å². The molecule has 0 amide bonds. The zero-order chi connectivity index (χ0) is 21.8. The molecule has 1 aromatic heterocycles. The highest BCUT2D eigenvalue weighted by Gasteiger charge is 2.31. The maximum absolute atomic E-state index is 13.3. The fourth-order valence-electron chi connectivity index (χ4n) is 2.89. The highest BCUT2D eigenvalue weighted by Crippen LogP contribution is 2.29. The summed E-state index contributed by atoms with van der Waals surface area (Å²) in [5.74, 6) is 0.518. The van der Waals surface area contributed by atoms with E-state index in [9.17, 15) is 16.8 Å². The highest BCUT2D eigenvalue weighted by molar-refractivity contribution is 7.92. The molecule has 30 heavy (non-hydrogen) atoms. The molecule has 3 aromatic rings. The van der Waals surface area contributed by atoms with E-state index in [4.69, 9.17) is 4.74 Å². The first-order chi connectivity index (χ1) is 14.2. The third kappa shape index (κ3) is 4.86. The molecule has 0 aliphatic heterocycles. The molecule has 158 valence electrons. The Morgan fingerprint density at radius 3 is 2.13 bits per heavy atom. The number of aromatic nitrogens is 1. The van der Waals surface area contributed by atoms with E-state index in [1.54, 1.807) is 24.3 Å². The molecular weight excluding hydrogens is 424 g/mol. The number of benzene rings is 2. The van der Waals surface area contributed by atoms with E-state index in [0.29, 0.717) is 11.3 Å². The van der Waals surface area contributed by atoms with Crippen LogP contribution in [0.5, 0.6) is 5.75 Å². The summed E-state index contributed by atoms with van der Waals surface area (Å²) in [6.07, 6.45) is 2.96. The fourth-order valence-corrected chi connectivity index (χ4v) is 5.69. The lowest BCUT2D eigenvalue weighted by Crippen LogP contribution is -2.32. The molecular formula is C21H22N2O5S2. The van der Waals surface area contributed by atoms with Gasteiger partial charge in [-0.25, -0.2) is 21.6 Å². The minimum absolute atomic E-state index is 0.0148. The van der Waals surface area contributed by atoms with Gasteiger partial charge in [-0.3, -0.25) is 4.98 Å². The van der Waals surface area contributed by atoms with Crippen molar-refractivity contribution in [1.82, 2.24) is 9.71 Å². The van der Waals surface area contributed by atoms with Crippen LogP contribution in [-0.2, 0) is 19.9 Å². The summed E-state index contributed by atoms with van der Waals surface area (Å²) in [6, 6.07) is 15.5. The number of sulfonamides is 1. The van der Waals surface area contributed by atoms with Gasteiger partial charge in [-0.1, -0.05) is 23.8 Å². The first-order valence-corrected chi connectivity index (χ1v) is 12.1. The molecule has 0 radical (unpaired) electrons. The van der Waals surface area contributed by atoms with Gasteiger partial charge in [0.25, 0.3) is 0 Å². The Kier molecular flexibility index (Phi) is 6.55. The van der Waals surface area contributed by atoms with Crippen molar-refractivity contribution in [2.45, 2.75) is 22.0 Å². The zero-order valence-electron chi connectivity index (χ0n) is 16.5. The van der Waals surface area contributed by atoms with E-state index >= 15 is 0 Å². The predicted molar refractivity (Wildman–Crippen MR) is 114 cm³/mol. The Morgan fingerprint density at radius 1 is 0.933 bits per heavy atom. The molecule has 1 heterocycles. The van der Waals surface area contributed by atoms with Crippen molar-refractivity contribution in [2.24, 2.45) is 0 Å². The van der Waals surface area contributed by atoms with E-state index in [0.717, 1.165) is 5.56 Å². The van der Waals surface area contributed by atoms with Gasteiger partial charge >= 0.3 is 0 Å². The van der Waals surface area contributed by atoms with Crippen LogP contribution in [0.15, 0.2) is 82.8 Å². The third-order valence-electron chi connectivity index (χ3n) is 4.61. The van der Waals surface area contributed by atoms with Gasteiger partial charge in [0, 0.05) is 18.9 Å². The van der Waals surface area contributed by atoms with Gasteiger partial charge in [0.1, 0.15) is 11.0 Å². The summed E-state index contributed by atoms with van der Waals surface area (Å²) in [7, 11) is -6.32. The van der Waals surface area contributed by atoms with Crippen LogP contribution >= 0.6 is 0 Å². The van der Waals surface area contributed by atoms with Gasteiger partial charge in [0.2, 0.25) is 10.0 Å². The van der Waals surface area contributed by atoms with Crippen molar-refractivity contribution in [1.29, 1.82) is 0 Å². The first kappa shape index (κ1) is 21.9. The Labute approximate surface area is 176 Å². The number of nitrogens with zero attached hydrogens (tertiary/aromatic N) is 1. The lowest BCUT2D eigenvalue weighted by molar-refractivity contribution is 0.414. The number of hydrogen-bond acceptors (Lipinski definition) is 6. The maximum atomic E-state index is 13.3. The molecule has 0 fully saturated rings. The summed E-state index contributed by atoms with van der Waals surface area (Å²) < 4.78 is 59.5. The standard InChI is InChI=1S/C21H22N2O5S2/c1-16-5-9-19(10-6-16)29(24,25)21(17-4-3-13-22-14-17)15-23-30(26,27)20-11-7-18(28-2)8-12-20/h3-14,21,23H,15H2,1-2H3/t21-/m0/s1. The SMILES string of the molecule is COc1ccc(S(=O)(=O)NC[C@@H](c2cccnc2)S(=O)(=O)c2ccc(C)cc2)cc1. The predicted octanol–water partition coefficient (Wildman–Crippen LogP) is 2.89. The fraction of sp³-hybridized carbons (Fsp3) is 0.190. The number of pyridine rings is 1. The van der Waals surface area contributed by atoms with E-state index in [2.05, 4.69) is 9.71 Å². The second-order valence-corrected chi connectivity index (χ2v) is 10.6. The minimum atomic E-state index is -3.93. The smallest absolute Gasteiger partial charge is 0.240 e. The van der Waals surface area contributed by atoms with Crippen molar-refractivity contribution in [3.8, 4) is 5.75 Å². The average Bonchev–Trinajstić information content (AvgIpc) is 2.75. The molecule has 0 saturated heterocycles. The van der Waals surface area contributed by atoms with Crippen LogP contribution in [0.3, 0.4) is 0 Å². The second kappa shape index (κ2) is 8.95. The molecule has 9 heteroatoms. The quantitative estimate of drug-likeness (QED) is 0.571. The monoisotopic (exact) mass is 446 g/mol. The van der Waals surface area contributed by atoms with Gasteiger partial charge in [-0.05, 0) is 55.0 Å². The van der Waals surface area contributed by atoms with E-state index < -0.39 is 25.1 Å². The summed E-state index contributed by atoms with van der Waals surface area (Å²) in [4.78, 5) is 4.12. The van der Waals surface area contributed by atoms with Crippen LogP contribution in [0.4, 0.5) is 0 Å². The Balaban J connectivity index is 1.93. The van der Waals surface area contributed by atoms with Crippen molar-refractivity contribution in [3.63, 3.8) is 0 Å². The summed E-state index contributed by atoms with van der Waals surface area (Å²) in [5.41, 5.74) is 1.32. The Hall–Kier alpha value is -2.75. The van der Waals surface area contributed by atoms with Crippen LogP contribution in [-0.4, -0.2) is 35.5 Å². The van der Waals surface area contributed by atoms with Crippen LogP contribution in [0, 0.1) is 6.92 Å². The van der Waals surface area contributed by atoms with E-state index in [1.807, 2.05) is 6.92 Å². The molecule has 0 aliphatic carbocycles. The minimum Gasteiger partial charge on any atom is -0.497 e. The zero-order valence-corrected chi connectivity index (χ0v) is 18.2. The lowest BCUT2D eigenvalue weighted by atomic mass is 10.2. The number of nitrogens with one attached hydrogen (secondary N) is 1.